The van der Waals surface area contributed by atoms with Crippen molar-refractivity contribution in [2.45, 2.75) is 26.4 Å². The van der Waals surface area contributed by atoms with Gasteiger partial charge in [-0.15, -0.1) is 0 Å². The van der Waals surface area contributed by atoms with Crippen LogP contribution in [-0.2, 0) is 12.6 Å². The van der Waals surface area contributed by atoms with Crippen LogP contribution >= 0.6 is 0 Å². The first-order chi connectivity index (χ1) is 6.89. The molecule has 0 aliphatic carbocycles. The van der Waals surface area contributed by atoms with Gasteiger partial charge in [0.2, 0.25) is 0 Å². The molecule has 0 unspecified atom stereocenters. The second-order valence-electron chi connectivity index (χ2n) is 4.55. The van der Waals surface area contributed by atoms with Crippen molar-refractivity contribution in [2.75, 3.05) is 0 Å². The largest absolute Gasteiger partial charge is 0.383 e. The normalized spacial score (nSPS) is 12.3. The minimum absolute atomic E-state index is 0.697. The van der Waals surface area contributed by atoms with Crippen LogP contribution in [0.2, 0.25) is 0 Å². The summed E-state index contributed by atoms with van der Waals surface area (Å²) in [4.78, 5) is 4.44. The number of imidazole rings is 1. The third kappa shape index (κ3) is 1.63. The lowest BCUT2D eigenvalue weighted by atomic mass is 10.1. The van der Waals surface area contributed by atoms with Gasteiger partial charge in [-0.3, -0.25) is 0 Å². The first kappa shape index (κ1) is 10.2. The highest BCUT2D eigenvalue weighted by molar-refractivity contribution is 5.76. The third-order valence-corrected chi connectivity index (χ3v) is 2.58. The summed E-state index contributed by atoms with van der Waals surface area (Å²) < 4.78 is 1.95. The highest BCUT2D eigenvalue weighted by Gasteiger charge is 2.22. The summed E-state index contributed by atoms with van der Waals surface area (Å²) in [6.45, 7) is 5.55. The Hall–Kier alpha value is -1.35. The van der Waals surface area contributed by atoms with Crippen LogP contribution in [0.5, 0.6) is 0 Å². The van der Waals surface area contributed by atoms with E-state index in [0.717, 1.165) is 11.0 Å². The molecule has 0 saturated carbocycles. The van der Waals surface area contributed by atoms with Gasteiger partial charge in [-0.2, -0.15) is 0 Å². The average Bonchev–Trinajstić information content (AvgIpc) is 2.43. The van der Waals surface area contributed by atoms with Crippen LogP contribution in [0.1, 0.15) is 25.2 Å². The molecule has 80 valence electrons. The van der Waals surface area contributed by atoms with Gasteiger partial charge in [0.1, 0.15) is 11.4 Å². The van der Waals surface area contributed by atoms with Gasteiger partial charge in [-0.05, 0) is 38.5 Å². The summed E-state index contributed by atoms with van der Waals surface area (Å²) in [6.07, 6.45) is 0. The lowest BCUT2D eigenvalue weighted by molar-refractivity contribution is 0.0663. The average molecular weight is 204 g/mol. The van der Waals surface area contributed by atoms with Crippen molar-refractivity contribution in [2.24, 2.45) is 7.05 Å². The second kappa shape index (κ2) is 3.07. The van der Waals surface area contributed by atoms with E-state index in [-0.39, 0.29) is 0 Å². The number of fused-ring (bicyclic) bond motifs is 1. The molecule has 0 fully saturated rings. The number of hydrogen-bond donors (Lipinski definition) is 1. The molecule has 2 rings (SSSR count). The Kier molecular flexibility index (Phi) is 2.08. The first-order valence-corrected chi connectivity index (χ1v) is 5.05. The summed E-state index contributed by atoms with van der Waals surface area (Å²) in [5.41, 5.74) is 2.29. The molecule has 0 saturated heterocycles. The van der Waals surface area contributed by atoms with Gasteiger partial charge in [0.05, 0.1) is 11.0 Å². The Labute approximate surface area is 89.4 Å². The fraction of sp³-hybridized carbons (Fsp3) is 0.417. The van der Waals surface area contributed by atoms with Crippen molar-refractivity contribution in [3.8, 4) is 0 Å². The molecule has 0 radical (unpaired) electrons. The molecule has 1 aromatic heterocycles. The molecule has 0 amide bonds. The molecule has 0 bridgehead atoms. The summed E-state index contributed by atoms with van der Waals surface area (Å²) in [5.74, 6) is 0.697. The zero-order chi connectivity index (χ0) is 11.2. The van der Waals surface area contributed by atoms with E-state index in [1.807, 2.05) is 23.7 Å². The molecule has 0 aliphatic heterocycles. The third-order valence-electron chi connectivity index (χ3n) is 2.58. The van der Waals surface area contributed by atoms with E-state index in [1.165, 1.54) is 5.56 Å². The van der Waals surface area contributed by atoms with Crippen LogP contribution in [0, 0.1) is 6.92 Å². The zero-order valence-electron chi connectivity index (χ0n) is 9.57. The Morgan fingerprint density at radius 2 is 2.00 bits per heavy atom. The van der Waals surface area contributed by atoms with Gasteiger partial charge < -0.3 is 9.67 Å². The van der Waals surface area contributed by atoms with Crippen LogP contribution in [0.25, 0.3) is 11.0 Å². The summed E-state index contributed by atoms with van der Waals surface area (Å²) in [6, 6.07) is 6.10. The van der Waals surface area contributed by atoms with E-state index in [0.29, 0.717) is 5.82 Å². The van der Waals surface area contributed by atoms with Gasteiger partial charge in [0, 0.05) is 7.05 Å². The maximum Gasteiger partial charge on any atom is 0.141 e. The Bertz CT molecular complexity index is 506. The van der Waals surface area contributed by atoms with Crippen LogP contribution in [-0.4, -0.2) is 14.7 Å². The predicted molar refractivity (Wildman–Crippen MR) is 60.7 cm³/mol. The van der Waals surface area contributed by atoms with Gasteiger partial charge in [0.15, 0.2) is 0 Å². The minimum atomic E-state index is -0.901. The summed E-state index contributed by atoms with van der Waals surface area (Å²) in [7, 11) is 1.93. The molecule has 1 aromatic carbocycles. The molecule has 1 N–H and O–H groups in total. The topological polar surface area (TPSA) is 38.1 Å². The highest BCUT2D eigenvalue weighted by atomic mass is 16.3. The molecule has 3 nitrogen and oxygen atoms in total. The fourth-order valence-corrected chi connectivity index (χ4v) is 1.85. The molecule has 3 heteroatoms. The van der Waals surface area contributed by atoms with E-state index in [4.69, 9.17) is 0 Å². The predicted octanol–water partition coefficient (Wildman–Crippen LogP) is 2.11. The Morgan fingerprint density at radius 3 is 2.60 bits per heavy atom. The monoisotopic (exact) mass is 204 g/mol. The number of benzene rings is 1. The van der Waals surface area contributed by atoms with E-state index in [9.17, 15) is 5.11 Å². The lowest BCUT2D eigenvalue weighted by Crippen LogP contribution is -2.20. The van der Waals surface area contributed by atoms with Crippen LogP contribution in [0.15, 0.2) is 18.2 Å². The van der Waals surface area contributed by atoms with Crippen molar-refractivity contribution in [1.82, 2.24) is 9.55 Å². The number of nitrogens with zero attached hydrogens (tertiary/aromatic N) is 2. The lowest BCUT2D eigenvalue weighted by Gasteiger charge is -2.16. The van der Waals surface area contributed by atoms with Crippen LogP contribution < -0.4 is 0 Å². The van der Waals surface area contributed by atoms with E-state index in [2.05, 4.69) is 18.0 Å². The van der Waals surface area contributed by atoms with Crippen molar-refractivity contribution in [3.63, 3.8) is 0 Å². The zero-order valence-corrected chi connectivity index (χ0v) is 9.57. The fourth-order valence-electron chi connectivity index (χ4n) is 1.85. The van der Waals surface area contributed by atoms with E-state index < -0.39 is 5.60 Å². The summed E-state index contributed by atoms with van der Waals surface area (Å²) >= 11 is 0. The number of rotatable bonds is 1. The van der Waals surface area contributed by atoms with Gasteiger partial charge in [-0.1, -0.05) is 6.07 Å². The van der Waals surface area contributed by atoms with E-state index in [1.54, 1.807) is 13.8 Å². The van der Waals surface area contributed by atoms with Crippen molar-refractivity contribution >= 4 is 11.0 Å². The van der Waals surface area contributed by atoms with Gasteiger partial charge in [0.25, 0.3) is 0 Å². The van der Waals surface area contributed by atoms with Gasteiger partial charge in [-0.25, -0.2) is 4.98 Å². The van der Waals surface area contributed by atoms with Crippen molar-refractivity contribution in [3.05, 3.63) is 29.6 Å². The van der Waals surface area contributed by atoms with E-state index >= 15 is 0 Å². The Balaban J connectivity index is 2.76. The van der Waals surface area contributed by atoms with Crippen LogP contribution in [0.4, 0.5) is 0 Å². The molecule has 2 aromatic rings. The van der Waals surface area contributed by atoms with Gasteiger partial charge >= 0.3 is 0 Å². The SMILES string of the molecule is Cc1ccc2nc(C(C)(C)O)n(C)c2c1. The molecule has 0 spiro atoms. The summed E-state index contributed by atoms with van der Waals surface area (Å²) in [5, 5.41) is 9.96. The molecule has 15 heavy (non-hydrogen) atoms. The first-order valence-electron chi connectivity index (χ1n) is 5.05. The number of aryl methyl sites for hydroxylation is 2. The second-order valence-corrected chi connectivity index (χ2v) is 4.55. The molecule has 0 atom stereocenters. The number of aromatic nitrogens is 2. The quantitative estimate of drug-likeness (QED) is 0.772. The smallest absolute Gasteiger partial charge is 0.141 e. The van der Waals surface area contributed by atoms with Crippen LogP contribution in [0.3, 0.4) is 0 Å². The molecular formula is C12H16N2O. The minimum Gasteiger partial charge on any atom is -0.383 e. The number of aliphatic hydroxyl groups is 1. The standard InChI is InChI=1S/C12H16N2O/c1-8-5-6-9-10(7-8)14(4)11(13-9)12(2,3)15/h5-7,15H,1-4H3. The maximum absolute atomic E-state index is 9.96. The Morgan fingerprint density at radius 1 is 1.33 bits per heavy atom. The highest BCUT2D eigenvalue weighted by Crippen LogP contribution is 2.23. The molecular weight excluding hydrogens is 188 g/mol. The maximum atomic E-state index is 9.96. The number of hydrogen-bond acceptors (Lipinski definition) is 2. The van der Waals surface area contributed by atoms with Crippen molar-refractivity contribution < 1.29 is 5.11 Å². The molecule has 1 heterocycles. The van der Waals surface area contributed by atoms with Crippen molar-refractivity contribution in [1.29, 1.82) is 0 Å². The molecule has 0 aliphatic rings.